The van der Waals surface area contributed by atoms with Crippen LogP contribution >= 0.6 is 0 Å². The number of anilines is 1. The predicted octanol–water partition coefficient (Wildman–Crippen LogP) is 4.98. The Balaban J connectivity index is 1.59. The average molecular weight is 446 g/mol. The minimum absolute atomic E-state index is 0.0389. The molecule has 1 aliphatic rings. The van der Waals surface area contributed by atoms with Gasteiger partial charge in [0.1, 0.15) is 5.82 Å². The summed E-state index contributed by atoms with van der Waals surface area (Å²) < 4.78 is 37.1. The van der Waals surface area contributed by atoms with E-state index in [9.17, 15) is 12.8 Å². The lowest BCUT2D eigenvalue weighted by molar-refractivity contribution is 0.597. The molecule has 7 heteroatoms. The van der Waals surface area contributed by atoms with E-state index >= 15 is 0 Å². The maximum atomic E-state index is 13.9. The molecule has 0 fully saturated rings. The molecule has 0 bridgehead atoms. The van der Waals surface area contributed by atoms with Crippen molar-refractivity contribution < 1.29 is 12.8 Å². The second-order valence-corrected chi connectivity index (χ2v) is 9.33. The van der Waals surface area contributed by atoms with Gasteiger partial charge in [-0.15, -0.1) is 0 Å². The summed E-state index contributed by atoms with van der Waals surface area (Å²) in [6, 6.07) is 27.0. The number of benzene rings is 4. The molecule has 0 spiro atoms. The number of hydrogen-bond donors (Lipinski definition) is 1. The summed E-state index contributed by atoms with van der Waals surface area (Å²) >= 11 is 0. The summed E-state index contributed by atoms with van der Waals surface area (Å²) in [5.74, 6) is -0.316. The van der Waals surface area contributed by atoms with Crippen molar-refractivity contribution >= 4 is 32.2 Å². The van der Waals surface area contributed by atoms with Gasteiger partial charge in [0.25, 0.3) is 0 Å². The summed E-state index contributed by atoms with van der Waals surface area (Å²) in [4.78, 5) is 0.0389. The Hall–Kier alpha value is -3.55. The molecule has 0 saturated heterocycles. The molecule has 1 heterocycles. The van der Waals surface area contributed by atoms with Gasteiger partial charge in [0.05, 0.1) is 22.3 Å². The van der Waals surface area contributed by atoms with Crippen LogP contribution in [0.25, 0.3) is 10.8 Å². The van der Waals surface area contributed by atoms with Gasteiger partial charge in [0.2, 0.25) is 10.0 Å². The number of hydrazone groups is 1. The molecule has 5 rings (SSSR count). The van der Waals surface area contributed by atoms with Crippen molar-refractivity contribution in [3.8, 4) is 0 Å². The van der Waals surface area contributed by atoms with E-state index < -0.39 is 10.0 Å². The van der Waals surface area contributed by atoms with Gasteiger partial charge in [0.15, 0.2) is 0 Å². The third kappa shape index (κ3) is 3.88. The van der Waals surface area contributed by atoms with Crippen molar-refractivity contribution in [2.24, 2.45) is 10.2 Å². The second-order valence-electron chi connectivity index (χ2n) is 7.77. The minimum atomic E-state index is -3.79. The molecule has 0 radical (unpaired) electrons. The normalized spacial score (nSPS) is 16.4. The van der Waals surface area contributed by atoms with Crippen molar-refractivity contribution in [1.29, 1.82) is 0 Å². The van der Waals surface area contributed by atoms with E-state index in [1.54, 1.807) is 18.2 Å². The number of sulfonamides is 1. The fourth-order valence-electron chi connectivity index (χ4n) is 4.05. The molecule has 0 amide bonds. The highest BCUT2D eigenvalue weighted by Gasteiger charge is 2.30. The molecule has 2 N–H and O–H groups in total. The van der Waals surface area contributed by atoms with Crippen LogP contribution in [0.3, 0.4) is 0 Å². The first-order chi connectivity index (χ1) is 15.4. The smallest absolute Gasteiger partial charge is 0.238 e. The molecule has 1 aliphatic heterocycles. The van der Waals surface area contributed by atoms with Crippen LogP contribution in [0.1, 0.15) is 23.6 Å². The van der Waals surface area contributed by atoms with Crippen LogP contribution in [-0.2, 0) is 10.0 Å². The second kappa shape index (κ2) is 7.85. The third-order valence-electron chi connectivity index (χ3n) is 5.66. The van der Waals surface area contributed by atoms with Crippen LogP contribution in [0.15, 0.2) is 101 Å². The summed E-state index contributed by atoms with van der Waals surface area (Å²) in [7, 11) is -3.79. The number of rotatable bonds is 4. The van der Waals surface area contributed by atoms with E-state index in [1.165, 1.54) is 24.3 Å². The first-order valence-electron chi connectivity index (χ1n) is 10.1. The number of fused-ring (bicyclic) bond motifs is 1. The number of primary sulfonamides is 1. The molecule has 5 nitrogen and oxygen atoms in total. The molecule has 32 heavy (non-hydrogen) atoms. The number of halogens is 1. The summed E-state index contributed by atoms with van der Waals surface area (Å²) in [6.07, 6.45) is 0.582. The maximum absolute atomic E-state index is 13.9. The Bertz CT molecular complexity index is 1450. The molecular formula is C25H20FN3O2S. The molecular weight excluding hydrogens is 425 g/mol. The van der Waals surface area contributed by atoms with Crippen molar-refractivity contribution in [3.05, 3.63) is 108 Å². The Kier molecular flexibility index (Phi) is 5.00. The molecule has 0 aromatic heterocycles. The van der Waals surface area contributed by atoms with E-state index in [0.717, 1.165) is 33.3 Å². The van der Waals surface area contributed by atoms with Gasteiger partial charge >= 0.3 is 0 Å². The molecule has 1 atom stereocenters. The van der Waals surface area contributed by atoms with Crippen LogP contribution in [0.4, 0.5) is 10.1 Å². The predicted molar refractivity (Wildman–Crippen MR) is 125 cm³/mol. The standard InChI is InChI=1S/C25H20FN3O2S/c26-21-7-3-6-19(15-21)24-16-25(20-9-8-17-4-1-2-5-18(17)14-20)29(28-24)22-10-12-23(13-11-22)32(27,30)31/h1-15,25H,16H2,(H2,27,30,31). The van der Waals surface area contributed by atoms with Crippen LogP contribution in [0.2, 0.25) is 0 Å². The van der Waals surface area contributed by atoms with E-state index in [1.807, 2.05) is 23.2 Å². The van der Waals surface area contributed by atoms with Crippen LogP contribution in [-0.4, -0.2) is 14.1 Å². The molecule has 0 saturated carbocycles. The molecule has 0 aliphatic carbocycles. The fraction of sp³-hybridized carbons (Fsp3) is 0.0800. The van der Waals surface area contributed by atoms with Gasteiger partial charge in [-0.05, 0) is 58.8 Å². The Morgan fingerprint density at radius 2 is 1.62 bits per heavy atom. The van der Waals surface area contributed by atoms with Gasteiger partial charge in [0, 0.05) is 12.0 Å². The van der Waals surface area contributed by atoms with Crippen LogP contribution < -0.4 is 10.1 Å². The average Bonchev–Trinajstić information content (AvgIpc) is 3.24. The van der Waals surface area contributed by atoms with Crippen molar-refractivity contribution in [3.63, 3.8) is 0 Å². The first kappa shape index (κ1) is 20.4. The maximum Gasteiger partial charge on any atom is 0.238 e. The molecule has 160 valence electrons. The summed E-state index contributed by atoms with van der Waals surface area (Å²) in [6.45, 7) is 0. The zero-order valence-corrected chi connectivity index (χ0v) is 17.8. The fourth-order valence-corrected chi connectivity index (χ4v) is 4.57. The minimum Gasteiger partial charge on any atom is -0.257 e. The number of nitrogens with zero attached hydrogens (tertiary/aromatic N) is 2. The lowest BCUT2D eigenvalue weighted by Gasteiger charge is -2.24. The van der Waals surface area contributed by atoms with E-state index in [4.69, 9.17) is 10.2 Å². The summed E-state index contributed by atoms with van der Waals surface area (Å²) in [5, 5.41) is 14.2. The largest absolute Gasteiger partial charge is 0.257 e. The molecule has 1 unspecified atom stereocenters. The van der Waals surface area contributed by atoms with Gasteiger partial charge in [-0.25, -0.2) is 17.9 Å². The highest BCUT2D eigenvalue weighted by molar-refractivity contribution is 7.89. The number of hydrogen-bond acceptors (Lipinski definition) is 4. The molecule has 4 aromatic rings. The van der Waals surface area contributed by atoms with Gasteiger partial charge in [-0.2, -0.15) is 5.10 Å². The Morgan fingerprint density at radius 1 is 0.875 bits per heavy atom. The topological polar surface area (TPSA) is 75.8 Å². The van der Waals surface area contributed by atoms with Gasteiger partial charge < -0.3 is 0 Å². The Labute approximate surface area is 185 Å². The van der Waals surface area contributed by atoms with Crippen molar-refractivity contribution in [2.45, 2.75) is 17.4 Å². The highest BCUT2D eigenvalue weighted by Crippen LogP contribution is 2.38. The zero-order chi connectivity index (χ0) is 22.3. The SMILES string of the molecule is NS(=O)(=O)c1ccc(N2N=C(c3cccc(F)c3)CC2c2ccc3ccccc3c2)cc1. The van der Waals surface area contributed by atoms with E-state index in [2.05, 4.69) is 30.3 Å². The molecule has 4 aromatic carbocycles. The van der Waals surface area contributed by atoms with Crippen LogP contribution in [0, 0.1) is 5.82 Å². The van der Waals surface area contributed by atoms with Crippen molar-refractivity contribution in [1.82, 2.24) is 0 Å². The first-order valence-corrected chi connectivity index (χ1v) is 11.7. The van der Waals surface area contributed by atoms with Gasteiger partial charge in [-0.1, -0.05) is 48.5 Å². The van der Waals surface area contributed by atoms with Gasteiger partial charge in [-0.3, -0.25) is 5.01 Å². The monoisotopic (exact) mass is 445 g/mol. The lowest BCUT2D eigenvalue weighted by Crippen LogP contribution is -2.19. The third-order valence-corrected chi connectivity index (χ3v) is 6.59. The highest BCUT2D eigenvalue weighted by atomic mass is 32.2. The van der Waals surface area contributed by atoms with Crippen molar-refractivity contribution in [2.75, 3.05) is 5.01 Å². The number of nitrogens with two attached hydrogens (primary N) is 1. The van der Waals surface area contributed by atoms with E-state index in [0.29, 0.717) is 6.42 Å². The van der Waals surface area contributed by atoms with Crippen LogP contribution in [0.5, 0.6) is 0 Å². The Morgan fingerprint density at radius 3 is 2.34 bits per heavy atom. The summed E-state index contributed by atoms with van der Waals surface area (Å²) in [5.41, 5.74) is 3.27. The quantitative estimate of drug-likeness (QED) is 0.481. The van der Waals surface area contributed by atoms with E-state index in [-0.39, 0.29) is 16.8 Å². The lowest BCUT2D eigenvalue weighted by atomic mass is 9.96. The zero-order valence-electron chi connectivity index (χ0n) is 17.0.